The van der Waals surface area contributed by atoms with Gasteiger partial charge in [-0.25, -0.2) is 4.39 Å². The van der Waals surface area contributed by atoms with Crippen LogP contribution in [0, 0.1) is 12.7 Å². The average Bonchev–Trinajstić information content (AvgIpc) is 2.32. The zero-order chi connectivity index (χ0) is 15.3. The molecule has 5 heteroatoms. The number of primary amides is 1. The zero-order valence-corrected chi connectivity index (χ0v) is 12.5. The summed E-state index contributed by atoms with van der Waals surface area (Å²) in [6, 6.07) is 4.36. The Morgan fingerprint density at radius 3 is 2.70 bits per heavy atom. The summed E-state index contributed by atoms with van der Waals surface area (Å²) in [5, 5.41) is 3.08. The number of aryl methyl sites for hydroxylation is 1. The number of likely N-dealkylation sites (N-methyl/N-ethyl adjacent to an activating group) is 1. The monoisotopic (exact) mass is 282 g/mol. The molecule has 0 aliphatic heterocycles. The third kappa shape index (κ3) is 4.20. The predicted molar refractivity (Wildman–Crippen MR) is 77.1 cm³/mol. The van der Waals surface area contributed by atoms with Crippen LogP contribution < -0.4 is 15.8 Å². The van der Waals surface area contributed by atoms with E-state index in [9.17, 15) is 9.18 Å². The molecule has 0 saturated carbocycles. The van der Waals surface area contributed by atoms with Gasteiger partial charge in [0.1, 0.15) is 11.6 Å². The van der Waals surface area contributed by atoms with Crippen molar-refractivity contribution in [3.63, 3.8) is 0 Å². The number of halogens is 1. The largest absolute Gasteiger partial charge is 0.490 e. The van der Waals surface area contributed by atoms with Gasteiger partial charge in [0.15, 0.2) is 0 Å². The lowest BCUT2D eigenvalue weighted by Crippen LogP contribution is -2.55. The first-order chi connectivity index (χ1) is 9.28. The summed E-state index contributed by atoms with van der Waals surface area (Å²) in [6.45, 7) is 7.96. The third-order valence-corrected chi connectivity index (χ3v) is 3.27. The summed E-state index contributed by atoms with van der Waals surface area (Å²) in [5.41, 5.74) is 5.35. The van der Waals surface area contributed by atoms with E-state index in [1.54, 1.807) is 19.9 Å². The topological polar surface area (TPSA) is 64.3 Å². The van der Waals surface area contributed by atoms with Crippen molar-refractivity contribution < 1.29 is 13.9 Å². The number of carbonyl (C=O) groups is 1. The van der Waals surface area contributed by atoms with Crippen LogP contribution in [0.3, 0.4) is 0 Å². The van der Waals surface area contributed by atoms with E-state index in [4.69, 9.17) is 10.5 Å². The van der Waals surface area contributed by atoms with Crippen molar-refractivity contribution >= 4 is 5.91 Å². The van der Waals surface area contributed by atoms with E-state index in [0.29, 0.717) is 18.7 Å². The van der Waals surface area contributed by atoms with Gasteiger partial charge < -0.3 is 15.8 Å². The Hall–Kier alpha value is -1.62. The quantitative estimate of drug-likeness (QED) is 0.805. The van der Waals surface area contributed by atoms with Crippen LogP contribution in [0.1, 0.15) is 32.8 Å². The van der Waals surface area contributed by atoms with E-state index in [-0.39, 0.29) is 11.9 Å². The normalized spacial score (nSPS) is 15.4. The number of ether oxygens (including phenoxy) is 1. The lowest BCUT2D eigenvalue weighted by Gasteiger charge is -2.30. The summed E-state index contributed by atoms with van der Waals surface area (Å²) in [5.74, 6) is -0.0926. The molecule has 0 radical (unpaired) electrons. The van der Waals surface area contributed by atoms with E-state index in [1.807, 2.05) is 13.8 Å². The number of benzene rings is 1. The Kier molecular flexibility index (Phi) is 5.51. The van der Waals surface area contributed by atoms with Crippen LogP contribution in [0.2, 0.25) is 0 Å². The number of nitrogens with two attached hydrogens (primary N) is 1. The summed E-state index contributed by atoms with van der Waals surface area (Å²) >= 11 is 0. The fraction of sp³-hybridized carbons (Fsp3) is 0.533. The van der Waals surface area contributed by atoms with E-state index in [2.05, 4.69) is 5.32 Å². The fourth-order valence-corrected chi connectivity index (χ4v) is 2.23. The number of carbonyl (C=O) groups excluding carboxylic acids is 1. The lowest BCUT2D eigenvalue weighted by atomic mass is 9.94. The third-order valence-electron chi connectivity index (χ3n) is 3.27. The van der Waals surface area contributed by atoms with E-state index < -0.39 is 11.4 Å². The van der Waals surface area contributed by atoms with Gasteiger partial charge in [0.2, 0.25) is 5.91 Å². The number of amides is 1. The first kappa shape index (κ1) is 16.4. The molecule has 3 N–H and O–H groups in total. The predicted octanol–water partition coefficient (Wildman–Crippen LogP) is 2.15. The molecule has 0 saturated heterocycles. The molecule has 20 heavy (non-hydrogen) atoms. The van der Waals surface area contributed by atoms with Crippen LogP contribution in [0.4, 0.5) is 4.39 Å². The molecule has 0 aromatic heterocycles. The first-order valence-electron chi connectivity index (χ1n) is 6.76. The molecule has 1 aromatic rings. The number of hydrogen-bond donors (Lipinski definition) is 2. The lowest BCUT2D eigenvalue weighted by molar-refractivity contribution is -0.124. The minimum atomic E-state index is -0.817. The standard InChI is InChI=1S/C15H23FN2O2/c1-5-18-15(4,14(17)19)9-11(3)20-13-7-6-12(16)8-10(13)2/h6-8,11,18H,5,9H2,1-4H3,(H2,17,19). The molecule has 0 fully saturated rings. The molecule has 0 spiro atoms. The number of hydrogen-bond acceptors (Lipinski definition) is 3. The molecule has 112 valence electrons. The molecule has 1 amide bonds. The maximum Gasteiger partial charge on any atom is 0.237 e. The second kappa shape index (κ2) is 6.70. The van der Waals surface area contributed by atoms with E-state index in [1.165, 1.54) is 12.1 Å². The van der Waals surface area contributed by atoms with E-state index in [0.717, 1.165) is 5.56 Å². The van der Waals surface area contributed by atoms with Gasteiger partial charge in [-0.05, 0) is 51.1 Å². The van der Waals surface area contributed by atoms with Gasteiger partial charge in [0, 0.05) is 6.42 Å². The minimum Gasteiger partial charge on any atom is -0.490 e. The molecule has 4 nitrogen and oxygen atoms in total. The Balaban J connectivity index is 2.75. The highest BCUT2D eigenvalue weighted by Crippen LogP contribution is 2.22. The Morgan fingerprint density at radius 1 is 1.55 bits per heavy atom. The van der Waals surface area contributed by atoms with Crippen LogP contribution in [-0.4, -0.2) is 24.1 Å². The van der Waals surface area contributed by atoms with Crippen molar-refractivity contribution in [3.05, 3.63) is 29.6 Å². The Labute approximate surface area is 119 Å². The second-order valence-corrected chi connectivity index (χ2v) is 5.27. The fourth-order valence-electron chi connectivity index (χ4n) is 2.23. The average molecular weight is 282 g/mol. The smallest absolute Gasteiger partial charge is 0.237 e. The maximum atomic E-state index is 13.0. The summed E-state index contributed by atoms with van der Waals surface area (Å²) < 4.78 is 18.8. The molecule has 2 atom stereocenters. The molecule has 1 aromatic carbocycles. The van der Waals surface area contributed by atoms with Gasteiger partial charge in [0.25, 0.3) is 0 Å². The van der Waals surface area contributed by atoms with Crippen molar-refractivity contribution in [2.45, 2.75) is 45.8 Å². The van der Waals surface area contributed by atoms with Gasteiger partial charge in [-0.1, -0.05) is 6.92 Å². The molecule has 0 aliphatic rings. The molecule has 0 aliphatic carbocycles. The summed E-state index contributed by atoms with van der Waals surface area (Å²) in [7, 11) is 0. The molecular formula is C15H23FN2O2. The van der Waals surface area contributed by atoms with Crippen molar-refractivity contribution in [3.8, 4) is 5.75 Å². The minimum absolute atomic E-state index is 0.226. The number of nitrogens with one attached hydrogen (secondary N) is 1. The SMILES string of the molecule is CCNC(C)(CC(C)Oc1ccc(F)cc1C)C(N)=O. The maximum absolute atomic E-state index is 13.0. The van der Waals surface area contributed by atoms with Gasteiger partial charge in [-0.3, -0.25) is 4.79 Å². The Bertz CT molecular complexity index is 479. The summed E-state index contributed by atoms with van der Waals surface area (Å²) in [6.07, 6.45) is 0.211. The highest BCUT2D eigenvalue weighted by Gasteiger charge is 2.32. The zero-order valence-electron chi connectivity index (χ0n) is 12.5. The summed E-state index contributed by atoms with van der Waals surface area (Å²) in [4.78, 5) is 11.6. The Morgan fingerprint density at radius 2 is 2.20 bits per heavy atom. The molecule has 2 unspecified atom stereocenters. The molecule has 0 heterocycles. The molecule has 1 rings (SSSR count). The first-order valence-corrected chi connectivity index (χ1v) is 6.76. The van der Waals surface area contributed by atoms with Gasteiger partial charge in [0.05, 0.1) is 11.6 Å². The van der Waals surface area contributed by atoms with Gasteiger partial charge in [-0.2, -0.15) is 0 Å². The second-order valence-electron chi connectivity index (χ2n) is 5.27. The highest BCUT2D eigenvalue weighted by atomic mass is 19.1. The van der Waals surface area contributed by atoms with Gasteiger partial charge >= 0.3 is 0 Å². The van der Waals surface area contributed by atoms with Crippen molar-refractivity contribution in [1.29, 1.82) is 0 Å². The van der Waals surface area contributed by atoms with E-state index >= 15 is 0 Å². The van der Waals surface area contributed by atoms with Crippen molar-refractivity contribution in [2.75, 3.05) is 6.54 Å². The molecular weight excluding hydrogens is 259 g/mol. The van der Waals surface area contributed by atoms with Crippen LogP contribution >= 0.6 is 0 Å². The van der Waals surface area contributed by atoms with Crippen LogP contribution in [-0.2, 0) is 4.79 Å². The van der Waals surface area contributed by atoms with Crippen LogP contribution in [0.25, 0.3) is 0 Å². The van der Waals surface area contributed by atoms with Crippen molar-refractivity contribution in [2.24, 2.45) is 5.73 Å². The number of rotatable bonds is 7. The van der Waals surface area contributed by atoms with Crippen molar-refractivity contribution in [1.82, 2.24) is 5.32 Å². The molecule has 0 bridgehead atoms. The van der Waals surface area contributed by atoms with Crippen LogP contribution in [0.5, 0.6) is 5.75 Å². The highest BCUT2D eigenvalue weighted by molar-refractivity contribution is 5.84. The van der Waals surface area contributed by atoms with Crippen LogP contribution in [0.15, 0.2) is 18.2 Å². The van der Waals surface area contributed by atoms with Gasteiger partial charge in [-0.15, -0.1) is 0 Å².